The van der Waals surface area contributed by atoms with Crippen LogP contribution in [0.4, 0.5) is 0 Å². The molecule has 6 nitrogen and oxygen atoms in total. The van der Waals surface area contributed by atoms with Crippen LogP contribution in [0.5, 0.6) is 5.75 Å². The minimum absolute atomic E-state index is 0.0333. The van der Waals surface area contributed by atoms with E-state index >= 15 is 0 Å². The lowest BCUT2D eigenvalue weighted by Crippen LogP contribution is -2.46. The van der Waals surface area contributed by atoms with Gasteiger partial charge in [0.15, 0.2) is 0 Å². The number of fused-ring (bicyclic) bond motifs is 2. The molecule has 0 aliphatic heterocycles. The van der Waals surface area contributed by atoms with Crippen molar-refractivity contribution in [3.63, 3.8) is 0 Å². The maximum Gasteiger partial charge on any atom is 0.252 e. The Morgan fingerprint density at radius 2 is 1.50 bits per heavy atom. The Labute approximate surface area is 262 Å². The topological polar surface area (TPSA) is 98.7 Å². The van der Waals surface area contributed by atoms with Crippen LogP contribution in [0.3, 0.4) is 0 Å². The molecule has 5 aromatic rings. The highest BCUT2D eigenvalue weighted by Gasteiger charge is 2.27. The lowest BCUT2D eigenvalue weighted by atomic mass is 9.92. The van der Waals surface area contributed by atoms with Gasteiger partial charge in [0.25, 0.3) is 11.8 Å². The Morgan fingerprint density at radius 1 is 0.818 bits per heavy atom. The molecular weight excluding hydrogens is 568 g/mol. The maximum atomic E-state index is 13.6. The third-order valence-corrected chi connectivity index (χ3v) is 8.75. The van der Waals surface area contributed by atoms with E-state index in [0.29, 0.717) is 28.0 Å². The highest BCUT2D eigenvalue weighted by atomic mass is 32.2. The van der Waals surface area contributed by atoms with Crippen LogP contribution in [0.1, 0.15) is 52.6 Å². The van der Waals surface area contributed by atoms with Crippen molar-refractivity contribution in [1.29, 1.82) is 0 Å². The first kappa shape index (κ1) is 31.1. The molecule has 0 radical (unpaired) electrons. The van der Waals surface area contributed by atoms with E-state index in [2.05, 4.69) is 34.9 Å². The molecule has 2 atom stereocenters. The van der Waals surface area contributed by atoms with Crippen molar-refractivity contribution < 1.29 is 19.8 Å². The number of phenolic OH excluding ortho intramolecular Hbond substituents is 1. The molecule has 0 aliphatic carbocycles. The molecule has 0 bridgehead atoms. The van der Waals surface area contributed by atoms with Gasteiger partial charge in [0.05, 0.1) is 17.7 Å². The molecule has 226 valence electrons. The standard InChI is InChI=1S/C37H38N2O4S/c1-23-29(14-9-15-32(23)40)35(42)38-31(22-44-28-19-18-24-10-5-6-12-26(24)20-28)33(41)21-27-17-16-25-11-7-8-13-30(25)34(27)36(43)39-37(2,3)4/h5-20,31,33,40-41H,21-22H2,1-4H3,(H,38,42)(H,39,43). The second-order valence-electron chi connectivity index (χ2n) is 12.1. The minimum atomic E-state index is -1.01. The number of amides is 2. The predicted molar refractivity (Wildman–Crippen MR) is 180 cm³/mol. The zero-order valence-electron chi connectivity index (χ0n) is 25.4. The molecule has 0 fully saturated rings. The SMILES string of the molecule is Cc1c(O)cccc1C(=O)NC(CSc1ccc2ccccc2c1)C(O)Cc1ccc2ccccc2c1C(=O)NC(C)(C)C. The smallest absolute Gasteiger partial charge is 0.252 e. The first-order valence-electron chi connectivity index (χ1n) is 14.7. The monoisotopic (exact) mass is 606 g/mol. The van der Waals surface area contributed by atoms with E-state index in [1.807, 2.05) is 75.4 Å². The van der Waals surface area contributed by atoms with Crippen molar-refractivity contribution >= 4 is 45.1 Å². The van der Waals surface area contributed by atoms with E-state index in [0.717, 1.165) is 26.4 Å². The highest BCUT2D eigenvalue weighted by molar-refractivity contribution is 7.99. The summed E-state index contributed by atoms with van der Waals surface area (Å²) in [5.41, 5.74) is 1.58. The Bertz CT molecular complexity index is 1830. The number of phenols is 1. The van der Waals surface area contributed by atoms with E-state index in [4.69, 9.17) is 0 Å². The van der Waals surface area contributed by atoms with Crippen molar-refractivity contribution in [3.8, 4) is 5.75 Å². The molecule has 5 rings (SSSR count). The van der Waals surface area contributed by atoms with E-state index in [1.54, 1.807) is 30.8 Å². The average molecular weight is 607 g/mol. The van der Waals surface area contributed by atoms with Crippen LogP contribution in [0, 0.1) is 6.92 Å². The summed E-state index contributed by atoms with van der Waals surface area (Å²) in [7, 11) is 0. The summed E-state index contributed by atoms with van der Waals surface area (Å²) >= 11 is 1.54. The summed E-state index contributed by atoms with van der Waals surface area (Å²) in [5, 5.41) is 32.0. The quantitative estimate of drug-likeness (QED) is 0.135. The second-order valence-corrected chi connectivity index (χ2v) is 13.2. The molecule has 5 aromatic carbocycles. The molecule has 0 spiro atoms. The molecule has 4 N–H and O–H groups in total. The summed E-state index contributed by atoms with van der Waals surface area (Å²) in [6.07, 6.45) is -0.855. The first-order chi connectivity index (χ1) is 21.0. The van der Waals surface area contributed by atoms with Gasteiger partial charge in [-0.05, 0) is 79.1 Å². The Hall–Kier alpha value is -4.33. The fraction of sp³-hybridized carbons (Fsp3) is 0.243. The first-order valence-corrected chi connectivity index (χ1v) is 15.7. The van der Waals surface area contributed by atoms with Crippen molar-refractivity contribution in [1.82, 2.24) is 10.6 Å². The average Bonchev–Trinajstić information content (AvgIpc) is 2.99. The zero-order valence-corrected chi connectivity index (χ0v) is 26.2. The molecule has 7 heteroatoms. The number of aromatic hydroxyl groups is 1. The summed E-state index contributed by atoms with van der Waals surface area (Å²) in [5.74, 6) is -0.171. The second kappa shape index (κ2) is 13.1. The summed E-state index contributed by atoms with van der Waals surface area (Å²) in [6.45, 7) is 7.49. The number of aliphatic hydroxyl groups excluding tert-OH is 1. The van der Waals surface area contributed by atoms with Gasteiger partial charge in [-0.15, -0.1) is 11.8 Å². The van der Waals surface area contributed by atoms with Crippen molar-refractivity contribution in [2.45, 2.75) is 56.7 Å². The number of carbonyl (C=O) groups excluding carboxylic acids is 2. The number of carbonyl (C=O) groups is 2. The molecule has 2 amide bonds. The van der Waals surface area contributed by atoms with Gasteiger partial charge in [-0.2, -0.15) is 0 Å². The molecule has 0 heterocycles. The van der Waals surface area contributed by atoms with E-state index in [9.17, 15) is 19.8 Å². The predicted octanol–water partition coefficient (Wildman–Crippen LogP) is 7.03. The third-order valence-electron chi connectivity index (χ3n) is 7.64. The highest BCUT2D eigenvalue weighted by Crippen LogP contribution is 2.28. The van der Waals surface area contributed by atoms with Crippen LogP contribution in [-0.2, 0) is 6.42 Å². The van der Waals surface area contributed by atoms with Crippen LogP contribution in [0.25, 0.3) is 21.5 Å². The van der Waals surface area contributed by atoms with Crippen LogP contribution >= 0.6 is 11.8 Å². The van der Waals surface area contributed by atoms with Crippen molar-refractivity contribution in [2.24, 2.45) is 0 Å². The normalized spacial score (nSPS) is 13.0. The summed E-state index contributed by atoms with van der Waals surface area (Å²) < 4.78 is 0. The van der Waals surface area contributed by atoms with Gasteiger partial charge >= 0.3 is 0 Å². The molecule has 0 aromatic heterocycles. The fourth-order valence-corrected chi connectivity index (χ4v) is 6.39. The Morgan fingerprint density at radius 3 is 2.25 bits per heavy atom. The van der Waals surface area contributed by atoms with Crippen molar-refractivity contribution in [2.75, 3.05) is 5.75 Å². The van der Waals surface area contributed by atoms with E-state index in [-0.39, 0.29) is 24.0 Å². The number of hydrogen-bond acceptors (Lipinski definition) is 5. The number of rotatable bonds is 9. The summed E-state index contributed by atoms with van der Waals surface area (Å²) in [4.78, 5) is 28.1. The number of nitrogens with one attached hydrogen (secondary N) is 2. The molecule has 0 aliphatic rings. The Kier molecular flexibility index (Phi) is 9.28. The molecule has 44 heavy (non-hydrogen) atoms. The zero-order chi connectivity index (χ0) is 31.4. The van der Waals surface area contributed by atoms with Crippen LogP contribution < -0.4 is 10.6 Å². The largest absolute Gasteiger partial charge is 0.508 e. The molecule has 2 unspecified atom stereocenters. The maximum absolute atomic E-state index is 13.6. The fourth-order valence-electron chi connectivity index (χ4n) is 5.33. The molecule has 0 saturated heterocycles. The third kappa shape index (κ3) is 7.24. The number of benzene rings is 5. The number of thioether (sulfide) groups is 1. The number of hydrogen-bond donors (Lipinski definition) is 4. The Balaban J connectivity index is 1.46. The van der Waals surface area contributed by atoms with Gasteiger partial charge < -0.3 is 20.8 Å². The van der Waals surface area contributed by atoms with Gasteiger partial charge in [-0.1, -0.05) is 72.8 Å². The van der Waals surface area contributed by atoms with E-state index < -0.39 is 17.7 Å². The van der Waals surface area contributed by atoms with E-state index in [1.165, 1.54) is 6.07 Å². The van der Waals surface area contributed by atoms with Gasteiger partial charge in [-0.3, -0.25) is 9.59 Å². The van der Waals surface area contributed by atoms with Gasteiger partial charge in [0.1, 0.15) is 5.75 Å². The van der Waals surface area contributed by atoms with Gasteiger partial charge in [0, 0.05) is 33.7 Å². The van der Waals surface area contributed by atoms with Gasteiger partial charge in [0.2, 0.25) is 0 Å². The lowest BCUT2D eigenvalue weighted by Gasteiger charge is -2.26. The molecule has 0 saturated carbocycles. The van der Waals surface area contributed by atoms with Crippen LogP contribution in [-0.4, -0.2) is 45.5 Å². The minimum Gasteiger partial charge on any atom is -0.508 e. The lowest BCUT2D eigenvalue weighted by molar-refractivity contribution is 0.0849. The van der Waals surface area contributed by atoms with Crippen molar-refractivity contribution in [3.05, 3.63) is 119 Å². The van der Waals surface area contributed by atoms with Crippen LogP contribution in [0.15, 0.2) is 102 Å². The molecular formula is C37H38N2O4S. The van der Waals surface area contributed by atoms with Crippen LogP contribution in [0.2, 0.25) is 0 Å². The van der Waals surface area contributed by atoms with Gasteiger partial charge in [-0.25, -0.2) is 0 Å². The summed E-state index contributed by atoms with van der Waals surface area (Å²) in [6, 6.07) is 30.0. The number of aliphatic hydroxyl groups is 1.